The zero-order chi connectivity index (χ0) is 9.68. The van der Waals surface area contributed by atoms with E-state index in [0.717, 1.165) is 0 Å². The van der Waals surface area contributed by atoms with Gasteiger partial charge in [-0.2, -0.15) is 0 Å². The summed E-state index contributed by atoms with van der Waals surface area (Å²) in [5, 5.41) is 0. The fraction of sp³-hybridized carbons (Fsp3) is 0.455. The lowest BCUT2D eigenvalue weighted by Gasteiger charge is -2.21. The van der Waals surface area contributed by atoms with Crippen LogP contribution in [0.25, 0.3) is 0 Å². The number of ether oxygens (including phenoxy) is 1. The summed E-state index contributed by atoms with van der Waals surface area (Å²) < 4.78 is 5.28. The average molecular weight is 179 g/mol. The Bertz CT molecular complexity index is 260. The Hall–Kier alpha value is -0.860. The minimum Gasteiger partial charge on any atom is -0.375 e. The van der Waals surface area contributed by atoms with Crippen molar-refractivity contribution in [2.24, 2.45) is 5.73 Å². The van der Waals surface area contributed by atoms with E-state index in [9.17, 15) is 0 Å². The highest BCUT2D eigenvalue weighted by Gasteiger charge is 2.15. The van der Waals surface area contributed by atoms with Gasteiger partial charge in [0.25, 0.3) is 0 Å². The van der Waals surface area contributed by atoms with Crippen LogP contribution in [-0.2, 0) is 11.3 Å². The molecule has 1 aliphatic heterocycles. The number of fused-ring (bicyclic) bond motifs is 1. The van der Waals surface area contributed by atoms with Gasteiger partial charge in [0.2, 0.25) is 0 Å². The monoisotopic (exact) mass is 179 g/mol. The molecule has 0 saturated heterocycles. The normalized spacial score (nSPS) is 19.8. The van der Waals surface area contributed by atoms with Crippen LogP contribution in [0.2, 0.25) is 0 Å². The number of nitrogens with two attached hydrogens (primary N) is 1. The topological polar surface area (TPSA) is 35.2 Å². The predicted molar refractivity (Wildman–Crippen MR) is 54.4 cm³/mol. The zero-order valence-electron chi connectivity index (χ0n) is 8.29. The van der Waals surface area contributed by atoms with Crippen molar-refractivity contribution in [1.82, 2.24) is 0 Å². The lowest BCUT2D eigenvalue weighted by Crippen LogP contribution is -2.23. The molecule has 2 nitrogen and oxygen atoms in total. The Morgan fingerprint density at radius 2 is 2.00 bits per heavy atom. The molecule has 0 radical (unpaired) electrons. The van der Waals surface area contributed by atoms with Gasteiger partial charge in [0.05, 0.1) is 19.3 Å². The molecular formula is C11H17NO. The second-order valence-corrected chi connectivity index (χ2v) is 2.82. The van der Waals surface area contributed by atoms with E-state index in [-0.39, 0.29) is 6.04 Å². The third kappa shape index (κ3) is 2.29. The number of rotatable bonds is 0. The van der Waals surface area contributed by atoms with E-state index in [2.05, 4.69) is 12.1 Å². The molecule has 1 atom stereocenters. The summed E-state index contributed by atoms with van der Waals surface area (Å²) in [6.07, 6.45) is 0. The highest BCUT2D eigenvalue weighted by molar-refractivity contribution is 5.30. The summed E-state index contributed by atoms with van der Waals surface area (Å²) in [6.45, 7) is 5.36. The quantitative estimate of drug-likeness (QED) is 0.663. The predicted octanol–water partition coefficient (Wildman–Crippen LogP) is 2.24. The van der Waals surface area contributed by atoms with E-state index in [1.54, 1.807) is 0 Å². The van der Waals surface area contributed by atoms with Gasteiger partial charge in [-0.15, -0.1) is 0 Å². The molecule has 1 aromatic carbocycles. The summed E-state index contributed by atoms with van der Waals surface area (Å²) >= 11 is 0. The minimum absolute atomic E-state index is 0.0694. The Labute approximate surface area is 79.7 Å². The van der Waals surface area contributed by atoms with Crippen LogP contribution in [0.3, 0.4) is 0 Å². The molecule has 0 saturated carbocycles. The van der Waals surface area contributed by atoms with Gasteiger partial charge in [-0.25, -0.2) is 0 Å². The standard InChI is InChI=1S/C9H11NO.C2H6/c10-9-6-11-5-7-3-1-2-4-8(7)9;1-2/h1-4,9H,5-6,10H2;1-2H3. The zero-order valence-corrected chi connectivity index (χ0v) is 8.29. The Morgan fingerprint density at radius 3 is 2.69 bits per heavy atom. The molecule has 0 aromatic heterocycles. The summed E-state index contributed by atoms with van der Waals surface area (Å²) in [6, 6.07) is 8.24. The molecule has 2 rings (SSSR count). The first-order chi connectivity index (χ1) is 6.38. The van der Waals surface area contributed by atoms with E-state index in [1.807, 2.05) is 26.0 Å². The molecule has 0 fully saturated rings. The maximum Gasteiger partial charge on any atom is 0.0721 e. The molecule has 0 spiro atoms. The first kappa shape index (κ1) is 10.2. The smallest absolute Gasteiger partial charge is 0.0721 e. The van der Waals surface area contributed by atoms with Gasteiger partial charge in [-0.1, -0.05) is 38.1 Å². The van der Waals surface area contributed by atoms with Crippen LogP contribution < -0.4 is 5.73 Å². The van der Waals surface area contributed by atoms with Crippen LogP contribution in [0.15, 0.2) is 24.3 Å². The molecule has 72 valence electrons. The second kappa shape index (κ2) is 5.00. The van der Waals surface area contributed by atoms with Gasteiger partial charge in [0.1, 0.15) is 0 Å². The fourth-order valence-corrected chi connectivity index (χ4v) is 1.41. The highest BCUT2D eigenvalue weighted by atomic mass is 16.5. The van der Waals surface area contributed by atoms with E-state index in [1.165, 1.54) is 11.1 Å². The molecule has 0 aliphatic carbocycles. The third-order valence-corrected chi connectivity index (χ3v) is 2.01. The molecule has 1 heterocycles. The van der Waals surface area contributed by atoms with Gasteiger partial charge < -0.3 is 10.5 Å². The first-order valence-corrected chi connectivity index (χ1v) is 4.79. The van der Waals surface area contributed by atoms with Crippen molar-refractivity contribution >= 4 is 0 Å². The molecule has 1 aromatic rings. The third-order valence-electron chi connectivity index (χ3n) is 2.01. The molecule has 2 heteroatoms. The van der Waals surface area contributed by atoms with Crippen molar-refractivity contribution in [2.45, 2.75) is 26.5 Å². The van der Waals surface area contributed by atoms with Crippen LogP contribution in [-0.4, -0.2) is 6.61 Å². The molecule has 0 bridgehead atoms. The first-order valence-electron chi connectivity index (χ1n) is 4.79. The van der Waals surface area contributed by atoms with Gasteiger partial charge in [-0.05, 0) is 11.1 Å². The highest BCUT2D eigenvalue weighted by Crippen LogP contribution is 2.21. The molecule has 2 N–H and O–H groups in total. The molecule has 1 aliphatic rings. The SMILES string of the molecule is CC.NC1COCc2ccccc21. The second-order valence-electron chi connectivity index (χ2n) is 2.82. The summed E-state index contributed by atoms with van der Waals surface area (Å²) in [5.41, 5.74) is 8.28. The van der Waals surface area contributed by atoms with Crippen molar-refractivity contribution in [3.8, 4) is 0 Å². The van der Waals surface area contributed by atoms with Crippen LogP contribution >= 0.6 is 0 Å². The summed E-state index contributed by atoms with van der Waals surface area (Å²) in [4.78, 5) is 0. The van der Waals surface area contributed by atoms with Gasteiger partial charge in [0, 0.05) is 0 Å². The van der Waals surface area contributed by atoms with Crippen LogP contribution in [0, 0.1) is 0 Å². The molecule has 0 amide bonds. The van der Waals surface area contributed by atoms with Crippen LogP contribution in [0.5, 0.6) is 0 Å². The number of hydrogen-bond donors (Lipinski definition) is 1. The maximum atomic E-state index is 5.82. The summed E-state index contributed by atoms with van der Waals surface area (Å²) in [5.74, 6) is 0. The van der Waals surface area contributed by atoms with Crippen molar-refractivity contribution < 1.29 is 4.74 Å². The van der Waals surface area contributed by atoms with Gasteiger partial charge in [0.15, 0.2) is 0 Å². The molecule has 1 unspecified atom stereocenters. The van der Waals surface area contributed by atoms with Crippen molar-refractivity contribution in [1.29, 1.82) is 0 Å². The number of hydrogen-bond acceptors (Lipinski definition) is 2. The average Bonchev–Trinajstić information content (AvgIpc) is 2.22. The molecule has 13 heavy (non-hydrogen) atoms. The van der Waals surface area contributed by atoms with E-state index < -0.39 is 0 Å². The van der Waals surface area contributed by atoms with Crippen molar-refractivity contribution in [3.63, 3.8) is 0 Å². The lowest BCUT2D eigenvalue weighted by atomic mass is 10.0. The summed E-state index contributed by atoms with van der Waals surface area (Å²) in [7, 11) is 0. The molecular weight excluding hydrogens is 162 g/mol. The van der Waals surface area contributed by atoms with E-state index in [0.29, 0.717) is 13.2 Å². The lowest BCUT2D eigenvalue weighted by molar-refractivity contribution is 0.0924. The Kier molecular flexibility index (Phi) is 3.93. The Morgan fingerprint density at radius 1 is 1.31 bits per heavy atom. The van der Waals surface area contributed by atoms with Crippen molar-refractivity contribution in [3.05, 3.63) is 35.4 Å². The van der Waals surface area contributed by atoms with Crippen LogP contribution in [0.1, 0.15) is 31.0 Å². The number of benzene rings is 1. The van der Waals surface area contributed by atoms with Gasteiger partial charge in [-0.3, -0.25) is 0 Å². The maximum absolute atomic E-state index is 5.82. The minimum atomic E-state index is 0.0694. The van der Waals surface area contributed by atoms with Crippen LogP contribution in [0.4, 0.5) is 0 Å². The van der Waals surface area contributed by atoms with E-state index >= 15 is 0 Å². The van der Waals surface area contributed by atoms with Crippen molar-refractivity contribution in [2.75, 3.05) is 6.61 Å². The van der Waals surface area contributed by atoms with Gasteiger partial charge >= 0.3 is 0 Å². The fourth-order valence-electron chi connectivity index (χ4n) is 1.41. The Balaban J connectivity index is 0.000000396. The largest absolute Gasteiger partial charge is 0.375 e. The van der Waals surface area contributed by atoms with E-state index in [4.69, 9.17) is 10.5 Å².